The minimum absolute atomic E-state index is 0.0492. The molecule has 1 aromatic heterocycles. The SMILES string of the molecule is COc1ccc(-c2nonc2NC(=O)[C@H]2[C@H](C=C(Cl)Cl)C2(C)C)cc1OC. The van der Waals surface area contributed by atoms with Crippen molar-refractivity contribution >= 4 is 34.9 Å². The van der Waals surface area contributed by atoms with Crippen molar-refractivity contribution in [3.8, 4) is 22.8 Å². The third kappa shape index (κ3) is 3.75. The van der Waals surface area contributed by atoms with Crippen LogP contribution in [0.5, 0.6) is 11.5 Å². The van der Waals surface area contributed by atoms with Gasteiger partial charge in [0.2, 0.25) is 11.7 Å². The van der Waals surface area contributed by atoms with Crippen LogP contribution in [-0.4, -0.2) is 30.4 Å². The topological polar surface area (TPSA) is 86.5 Å². The molecule has 0 saturated heterocycles. The molecular weight excluding hydrogens is 393 g/mol. The van der Waals surface area contributed by atoms with Crippen LogP contribution >= 0.6 is 23.2 Å². The summed E-state index contributed by atoms with van der Waals surface area (Å²) in [6, 6.07) is 5.24. The standard InChI is InChI=1S/C18H19Cl2N3O4/c1-18(2)10(8-13(19)20)14(18)17(24)21-16-15(22-27-23-16)9-5-6-11(25-3)12(7-9)26-4/h5-8,10,14H,1-4H3,(H,21,23,24)/t10-,14+/m0/s1. The molecule has 7 nitrogen and oxygen atoms in total. The minimum Gasteiger partial charge on any atom is -0.493 e. The predicted octanol–water partition coefficient (Wildman–Crippen LogP) is 4.28. The second kappa shape index (κ2) is 7.40. The number of halogens is 2. The van der Waals surface area contributed by atoms with Crippen LogP contribution in [0.25, 0.3) is 11.3 Å². The van der Waals surface area contributed by atoms with Crippen molar-refractivity contribution < 1.29 is 18.9 Å². The van der Waals surface area contributed by atoms with Crippen molar-refractivity contribution in [3.63, 3.8) is 0 Å². The fraction of sp³-hybridized carbons (Fsp3) is 0.389. The number of rotatable bonds is 6. The van der Waals surface area contributed by atoms with Gasteiger partial charge in [0.15, 0.2) is 17.2 Å². The Morgan fingerprint density at radius 3 is 2.56 bits per heavy atom. The molecule has 1 aromatic carbocycles. The number of carbonyl (C=O) groups is 1. The Morgan fingerprint density at radius 2 is 1.93 bits per heavy atom. The van der Waals surface area contributed by atoms with Crippen LogP contribution < -0.4 is 14.8 Å². The van der Waals surface area contributed by atoms with Crippen LogP contribution in [0, 0.1) is 17.3 Å². The highest BCUT2D eigenvalue weighted by atomic mass is 35.5. The number of hydrogen-bond acceptors (Lipinski definition) is 6. The number of anilines is 1. The Hall–Kier alpha value is -2.25. The summed E-state index contributed by atoms with van der Waals surface area (Å²) < 4.78 is 15.5. The molecule has 0 bridgehead atoms. The summed E-state index contributed by atoms with van der Waals surface area (Å²) in [7, 11) is 3.09. The zero-order chi connectivity index (χ0) is 19.8. The molecule has 0 aliphatic heterocycles. The zero-order valence-electron chi connectivity index (χ0n) is 15.2. The highest BCUT2D eigenvalue weighted by molar-refractivity contribution is 6.55. The van der Waals surface area contributed by atoms with Gasteiger partial charge < -0.3 is 14.8 Å². The van der Waals surface area contributed by atoms with E-state index in [1.54, 1.807) is 31.4 Å². The number of hydrogen-bond donors (Lipinski definition) is 1. The van der Waals surface area contributed by atoms with Crippen molar-refractivity contribution in [2.24, 2.45) is 17.3 Å². The monoisotopic (exact) mass is 411 g/mol. The number of allylic oxidation sites excluding steroid dienone is 1. The molecule has 1 heterocycles. The molecule has 1 aliphatic carbocycles. The van der Waals surface area contributed by atoms with Gasteiger partial charge in [0.25, 0.3) is 0 Å². The molecule has 1 aliphatic rings. The van der Waals surface area contributed by atoms with E-state index in [9.17, 15) is 4.79 Å². The van der Waals surface area contributed by atoms with E-state index in [1.807, 2.05) is 13.8 Å². The van der Waals surface area contributed by atoms with Gasteiger partial charge in [0, 0.05) is 5.56 Å². The molecule has 1 saturated carbocycles. The van der Waals surface area contributed by atoms with E-state index < -0.39 is 0 Å². The van der Waals surface area contributed by atoms with Crippen molar-refractivity contribution in [1.82, 2.24) is 10.3 Å². The average molecular weight is 412 g/mol. The zero-order valence-corrected chi connectivity index (χ0v) is 16.8. The summed E-state index contributed by atoms with van der Waals surface area (Å²) in [6.07, 6.45) is 1.68. The summed E-state index contributed by atoms with van der Waals surface area (Å²) in [5, 5.41) is 10.5. The van der Waals surface area contributed by atoms with Crippen LogP contribution in [0.2, 0.25) is 0 Å². The third-order valence-corrected chi connectivity index (χ3v) is 5.14. The molecule has 144 valence electrons. The van der Waals surface area contributed by atoms with Gasteiger partial charge >= 0.3 is 0 Å². The van der Waals surface area contributed by atoms with Crippen LogP contribution in [-0.2, 0) is 4.79 Å². The summed E-state index contributed by atoms with van der Waals surface area (Å²) in [4.78, 5) is 12.7. The van der Waals surface area contributed by atoms with Gasteiger partial charge in [-0.15, -0.1) is 0 Å². The molecule has 0 spiro atoms. The highest BCUT2D eigenvalue weighted by Crippen LogP contribution is 2.60. The van der Waals surface area contributed by atoms with Crippen molar-refractivity contribution in [1.29, 1.82) is 0 Å². The first-order chi connectivity index (χ1) is 12.8. The maximum Gasteiger partial charge on any atom is 0.229 e. The molecule has 0 unspecified atom stereocenters. The predicted molar refractivity (Wildman–Crippen MR) is 102 cm³/mol. The summed E-state index contributed by atoms with van der Waals surface area (Å²) in [5.74, 6) is 0.811. The fourth-order valence-corrected chi connectivity index (χ4v) is 3.53. The average Bonchev–Trinajstić information content (AvgIpc) is 2.95. The number of ether oxygens (including phenoxy) is 2. The van der Waals surface area contributed by atoms with E-state index in [4.69, 9.17) is 37.3 Å². The maximum atomic E-state index is 12.7. The van der Waals surface area contributed by atoms with E-state index in [0.29, 0.717) is 22.8 Å². The number of carbonyl (C=O) groups excluding carboxylic acids is 1. The van der Waals surface area contributed by atoms with Gasteiger partial charge in [-0.1, -0.05) is 37.0 Å². The van der Waals surface area contributed by atoms with E-state index in [-0.39, 0.29) is 33.5 Å². The summed E-state index contributed by atoms with van der Waals surface area (Å²) in [5.41, 5.74) is 0.810. The number of nitrogens with zero attached hydrogens (tertiary/aromatic N) is 2. The lowest BCUT2D eigenvalue weighted by Gasteiger charge is -2.09. The quantitative estimate of drug-likeness (QED) is 0.762. The summed E-state index contributed by atoms with van der Waals surface area (Å²) in [6.45, 7) is 3.96. The molecule has 2 aromatic rings. The Bertz CT molecular complexity index is 890. The normalized spacial score (nSPS) is 19.9. The van der Waals surface area contributed by atoms with Crippen molar-refractivity contribution in [2.45, 2.75) is 13.8 Å². The lowest BCUT2D eigenvalue weighted by molar-refractivity contribution is -0.118. The molecule has 1 amide bonds. The van der Waals surface area contributed by atoms with E-state index in [0.717, 1.165) is 0 Å². The second-order valence-electron chi connectivity index (χ2n) is 6.80. The first-order valence-electron chi connectivity index (χ1n) is 8.18. The number of amides is 1. The van der Waals surface area contributed by atoms with Gasteiger partial charge in [-0.05, 0) is 45.9 Å². The smallest absolute Gasteiger partial charge is 0.229 e. The Labute approximate surface area is 166 Å². The molecule has 3 rings (SSSR count). The van der Waals surface area contributed by atoms with Gasteiger partial charge in [-0.3, -0.25) is 4.79 Å². The molecule has 1 fully saturated rings. The molecule has 27 heavy (non-hydrogen) atoms. The number of nitrogens with one attached hydrogen (secondary N) is 1. The number of benzene rings is 1. The minimum atomic E-state index is -0.278. The largest absolute Gasteiger partial charge is 0.493 e. The van der Waals surface area contributed by atoms with Crippen LogP contribution in [0.3, 0.4) is 0 Å². The second-order valence-corrected chi connectivity index (χ2v) is 7.81. The first-order valence-corrected chi connectivity index (χ1v) is 8.93. The van der Waals surface area contributed by atoms with E-state index in [1.165, 1.54) is 7.11 Å². The maximum absolute atomic E-state index is 12.7. The van der Waals surface area contributed by atoms with E-state index >= 15 is 0 Å². The Morgan fingerprint density at radius 1 is 1.22 bits per heavy atom. The number of methoxy groups -OCH3 is 2. The fourth-order valence-electron chi connectivity index (χ4n) is 3.26. The van der Waals surface area contributed by atoms with Gasteiger partial charge in [-0.2, -0.15) is 0 Å². The van der Waals surface area contributed by atoms with Crippen LogP contribution in [0.4, 0.5) is 5.82 Å². The Kier molecular flexibility index (Phi) is 5.35. The van der Waals surface area contributed by atoms with Gasteiger partial charge in [-0.25, -0.2) is 4.63 Å². The Balaban J connectivity index is 1.82. The summed E-state index contributed by atoms with van der Waals surface area (Å²) >= 11 is 11.5. The van der Waals surface area contributed by atoms with Crippen molar-refractivity contribution in [3.05, 3.63) is 28.8 Å². The van der Waals surface area contributed by atoms with Crippen LogP contribution in [0.15, 0.2) is 33.4 Å². The third-order valence-electron chi connectivity index (χ3n) is 4.89. The molecular formula is C18H19Cl2N3O4. The highest BCUT2D eigenvalue weighted by Gasteiger charge is 2.60. The van der Waals surface area contributed by atoms with Crippen molar-refractivity contribution in [2.75, 3.05) is 19.5 Å². The van der Waals surface area contributed by atoms with E-state index in [2.05, 4.69) is 15.6 Å². The first kappa shape index (κ1) is 19.5. The molecule has 0 radical (unpaired) electrons. The van der Waals surface area contributed by atoms with Gasteiger partial charge in [0.1, 0.15) is 4.49 Å². The molecule has 9 heteroatoms. The molecule has 2 atom stereocenters. The van der Waals surface area contributed by atoms with Crippen LogP contribution in [0.1, 0.15) is 13.8 Å². The van der Waals surface area contributed by atoms with Gasteiger partial charge in [0.05, 0.1) is 20.1 Å². The lowest BCUT2D eigenvalue weighted by Crippen LogP contribution is -2.17. The lowest BCUT2D eigenvalue weighted by atomic mass is 10.1. The number of aromatic nitrogens is 2. The molecule has 1 N–H and O–H groups in total.